The first kappa shape index (κ1) is 12.2. The summed E-state index contributed by atoms with van der Waals surface area (Å²) in [6, 6.07) is 1.98. The lowest BCUT2D eigenvalue weighted by Gasteiger charge is -2.24. The number of hydrogen-bond acceptors (Lipinski definition) is 4. The molecule has 15 heavy (non-hydrogen) atoms. The molecule has 1 heterocycles. The zero-order valence-corrected chi connectivity index (χ0v) is 10.2. The quantitative estimate of drug-likeness (QED) is 0.802. The molecule has 84 valence electrons. The first-order chi connectivity index (χ1) is 7.03. The van der Waals surface area contributed by atoms with Crippen molar-refractivity contribution in [1.82, 2.24) is 0 Å². The highest BCUT2D eigenvalue weighted by Gasteiger charge is 2.26. The summed E-state index contributed by atoms with van der Waals surface area (Å²) >= 11 is 1.42. The number of nitrogens with two attached hydrogens (primary N) is 1. The molecule has 0 spiro atoms. The van der Waals surface area contributed by atoms with Crippen LogP contribution in [-0.2, 0) is 10.2 Å². The zero-order chi connectivity index (χ0) is 11.5. The Balaban J connectivity index is 3.04. The second kappa shape index (κ2) is 4.77. The molecule has 0 radical (unpaired) electrons. The third-order valence-electron chi connectivity index (χ3n) is 2.53. The van der Waals surface area contributed by atoms with E-state index < -0.39 is 0 Å². The Morgan fingerprint density at radius 3 is 2.80 bits per heavy atom. The predicted molar refractivity (Wildman–Crippen MR) is 62.4 cm³/mol. The molecule has 0 saturated heterocycles. The van der Waals surface area contributed by atoms with E-state index in [2.05, 4.69) is 13.8 Å². The lowest BCUT2D eigenvalue weighted by atomic mass is 9.82. The van der Waals surface area contributed by atoms with Crippen LogP contribution in [0.5, 0.6) is 0 Å². The number of carbonyl (C=O) groups excluding carboxylic acids is 1. The van der Waals surface area contributed by atoms with Gasteiger partial charge in [0, 0.05) is 0 Å². The SMILES string of the molecule is COC(=O)c1sccc1C(C)(C)CCN. The molecule has 2 N–H and O–H groups in total. The van der Waals surface area contributed by atoms with Crippen LogP contribution in [-0.4, -0.2) is 19.6 Å². The molecule has 0 saturated carbocycles. The molecule has 1 aromatic heterocycles. The van der Waals surface area contributed by atoms with Crippen LogP contribution in [0.2, 0.25) is 0 Å². The number of methoxy groups -OCH3 is 1. The van der Waals surface area contributed by atoms with Gasteiger partial charge in [0.15, 0.2) is 0 Å². The van der Waals surface area contributed by atoms with Crippen LogP contribution < -0.4 is 5.73 Å². The number of rotatable bonds is 4. The molecule has 0 bridgehead atoms. The highest BCUT2D eigenvalue weighted by molar-refractivity contribution is 7.12. The Morgan fingerprint density at radius 1 is 1.60 bits per heavy atom. The second-order valence-corrected chi connectivity index (χ2v) is 4.99. The summed E-state index contributed by atoms with van der Waals surface area (Å²) in [5, 5.41) is 1.92. The first-order valence-corrected chi connectivity index (χ1v) is 5.77. The maximum Gasteiger partial charge on any atom is 0.348 e. The molecule has 0 unspecified atom stereocenters. The van der Waals surface area contributed by atoms with E-state index in [4.69, 9.17) is 10.5 Å². The minimum Gasteiger partial charge on any atom is -0.465 e. The highest BCUT2D eigenvalue weighted by Crippen LogP contribution is 2.32. The summed E-state index contributed by atoms with van der Waals surface area (Å²) in [4.78, 5) is 12.2. The number of esters is 1. The van der Waals surface area contributed by atoms with Crippen LogP contribution >= 0.6 is 11.3 Å². The van der Waals surface area contributed by atoms with Crippen LogP contribution in [0.1, 0.15) is 35.5 Å². The first-order valence-electron chi connectivity index (χ1n) is 4.89. The standard InChI is InChI=1S/C11H17NO2S/c1-11(2,5-6-12)8-4-7-15-9(8)10(13)14-3/h4,7H,5-6,12H2,1-3H3. The smallest absolute Gasteiger partial charge is 0.348 e. The number of ether oxygens (including phenoxy) is 1. The average molecular weight is 227 g/mol. The van der Waals surface area contributed by atoms with Gasteiger partial charge in [-0.05, 0) is 35.4 Å². The molecule has 3 nitrogen and oxygen atoms in total. The molecule has 1 rings (SSSR count). The molecule has 0 fully saturated rings. The summed E-state index contributed by atoms with van der Waals surface area (Å²) in [6.45, 7) is 4.80. The van der Waals surface area contributed by atoms with Gasteiger partial charge in [-0.25, -0.2) is 4.79 Å². The molecular weight excluding hydrogens is 210 g/mol. The summed E-state index contributed by atoms with van der Waals surface area (Å²) in [6.07, 6.45) is 0.855. The Kier molecular flexibility index (Phi) is 3.88. The van der Waals surface area contributed by atoms with Gasteiger partial charge in [-0.2, -0.15) is 0 Å². The summed E-state index contributed by atoms with van der Waals surface area (Å²) < 4.78 is 4.75. The van der Waals surface area contributed by atoms with Gasteiger partial charge in [0.1, 0.15) is 4.88 Å². The lowest BCUT2D eigenvalue weighted by molar-refractivity contribution is 0.0603. The van der Waals surface area contributed by atoms with Crippen LogP contribution in [0.15, 0.2) is 11.4 Å². The molecular formula is C11H17NO2S. The van der Waals surface area contributed by atoms with Crippen molar-refractivity contribution < 1.29 is 9.53 Å². The van der Waals surface area contributed by atoms with Crippen LogP contribution in [0, 0.1) is 0 Å². The van der Waals surface area contributed by atoms with Crippen molar-refractivity contribution in [3.63, 3.8) is 0 Å². The minimum absolute atomic E-state index is 0.0712. The largest absolute Gasteiger partial charge is 0.465 e. The lowest BCUT2D eigenvalue weighted by Crippen LogP contribution is -2.23. The third kappa shape index (κ3) is 2.58. The fourth-order valence-electron chi connectivity index (χ4n) is 1.59. The van der Waals surface area contributed by atoms with Crippen LogP contribution in [0.3, 0.4) is 0 Å². The highest BCUT2D eigenvalue weighted by atomic mass is 32.1. The van der Waals surface area contributed by atoms with Crippen molar-refractivity contribution in [2.45, 2.75) is 25.7 Å². The van der Waals surface area contributed by atoms with Gasteiger partial charge in [0.25, 0.3) is 0 Å². The Labute approximate surface area is 94.2 Å². The van der Waals surface area contributed by atoms with E-state index in [1.54, 1.807) is 0 Å². The van der Waals surface area contributed by atoms with Gasteiger partial charge in [-0.1, -0.05) is 13.8 Å². The van der Waals surface area contributed by atoms with E-state index >= 15 is 0 Å². The molecule has 0 amide bonds. The fourth-order valence-corrected chi connectivity index (χ4v) is 2.58. The van der Waals surface area contributed by atoms with Crippen LogP contribution in [0.4, 0.5) is 0 Å². The Morgan fingerprint density at radius 2 is 2.27 bits per heavy atom. The normalized spacial score (nSPS) is 11.5. The van der Waals surface area contributed by atoms with Gasteiger partial charge in [0.05, 0.1) is 7.11 Å². The van der Waals surface area contributed by atoms with Crippen molar-refractivity contribution in [2.24, 2.45) is 5.73 Å². The molecule has 0 aliphatic carbocycles. The second-order valence-electron chi connectivity index (χ2n) is 4.08. The van der Waals surface area contributed by atoms with Gasteiger partial charge >= 0.3 is 5.97 Å². The molecule has 0 atom stereocenters. The minimum atomic E-state index is -0.259. The Hall–Kier alpha value is -0.870. The summed E-state index contributed by atoms with van der Waals surface area (Å²) in [5.41, 5.74) is 6.53. The zero-order valence-electron chi connectivity index (χ0n) is 9.37. The van der Waals surface area contributed by atoms with E-state index in [0.29, 0.717) is 11.4 Å². The number of carbonyl (C=O) groups is 1. The van der Waals surface area contributed by atoms with E-state index in [0.717, 1.165) is 12.0 Å². The van der Waals surface area contributed by atoms with Crippen LogP contribution in [0.25, 0.3) is 0 Å². The summed E-state index contributed by atoms with van der Waals surface area (Å²) in [5.74, 6) is -0.259. The van der Waals surface area contributed by atoms with E-state index in [9.17, 15) is 4.79 Å². The average Bonchev–Trinajstić information content (AvgIpc) is 2.65. The van der Waals surface area contributed by atoms with Crippen molar-refractivity contribution in [3.8, 4) is 0 Å². The monoisotopic (exact) mass is 227 g/mol. The van der Waals surface area contributed by atoms with E-state index in [1.807, 2.05) is 11.4 Å². The molecule has 0 aliphatic rings. The molecule has 0 aromatic carbocycles. The van der Waals surface area contributed by atoms with Gasteiger partial charge in [0.2, 0.25) is 0 Å². The van der Waals surface area contributed by atoms with Crippen molar-refractivity contribution >= 4 is 17.3 Å². The van der Waals surface area contributed by atoms with Crippen molar-refractivity contribution in [2.75, 3.05) is 13.7 Å². The fraction of sp³-hybridized carbons (Fsp3) is 0.545. The number of thiophene rings is 1. The van der Waals surface area contributed by atoms with Gasteiger partial charge in [-0.15, -0.1) is 11.3 Å². The van der Waals surface area contributed by atoms with Gasteiger partial charge < -0.3 is 10.5 Å². The summed E-state index contributed by atoms with van der Waals surface area (Å²) in [7, 11) is 1.40. The number of hydrogen-bond donors (Lipinski definition) is 1. The third-order valence-corrected chi connectivity index (χ3v) is 3.43. The van der Waals surface area contributed by atoms with E-state index in [1.165, 1.54) is 18.4 Å². The maximum absolute atomic E-state index is 11.5. The molecule has 4 heteroatoms. The maximum atomic E-state index is 11.5. The van der Waals surface area contributed by atoms with Crippen molar-refractivity contribution in [3.05, 3.63) is 21.9 Å². The van der Waals surface area contributed by atoms with E-state index in [-0.39, 0.29) is 11.4 Å². The molecule has 0 aliphatic heterocycles. The van der Waals surface area contributed by atoms with Gasteiger partial charge in [-0.3, -0.25) is 0 Å². The predicted octanol–water partition coefficient (Wildman–Crippen LogP) is 2.16. The Bertz CT molecular complexity index is 344. The topological polar surface area (TPSA) is 52.3 Å². The molecule has 1 aromatic rings. The van der Waals surface area contributed by atoms with Crippen molar-refractivity contribution in [1.29, 1.82) is 0 Å².